The van der Waals surface area contributed by atoms with E-state index in [1.807, 2.05) is 22.8 Å². The highest BCUT2D eigenvalue weighted by Gasteiger charge is 2.28. The van der Waals surface area contributed by atoms with Crippen molar-refractivity contribution in [2.75, 3.05) is 14.1 Å². The van der Waals surface area contributed by atoms with Crippen molar-refractivity contribution < 1.29 is 19.5 Å². The van der Waals surface area contributed by atoms with Crippen LogP contribution in [0.3, 0.4) is 0 Å². The summed E-state index contributed by atoms with van der Waals surface area (Å²) in [6, 6.07) is 12.3. The smallest absolute Gasteiger partial charge is 0.335 e. The molecule has 1 aromatic heterocycles. The van der Waals surface area contributed by atoms with E-state index in [0.717, 1.165) is 53.4 Å². The van der Waals surface area contributed by atoms with Gasteiger partial charge in [0.2, 0.25) is 11.8 Å². The molecule has 0 bridgehead atoms. The van der Waals surface area contributed by atoms with Crippen molar-refractivity contribution >= 4 is 28.7 Å². The molecule has 1 fully saturated rings. The molecule has 1 aliphatic carbocycles. The fraction of sp³-hybridized carbons (Fsp3) is 0.346. The second-order valence-electron chi connectivity index (χ2n) is 8.95. The zero-order valence-corrected chi connectivity index (χ0v) is 19.0. The Labute approximate surface area is 192 Å². The van der Waals surface area contributed by atoms with Gasteiger partial charge < -0.3 is 20.3 Å². The van der Waals surface area contributed by atoms with Crippen LogP contribution in [0.4, 0.5) is 0 Å². The van der Waals surface area contributed by atoms with Gasteiger partial charge in [-0.2, -0.15) is 0 Å². The molecule has 0 unspecified atom stereocenters. The monoisotopic (exact) mass is 447 g/mol. The van der Waals surface area contributed by atoms with Crippen molar-refractivity contribution in [2.24, 2.45) is 5.73 Å². The molecule has 3 N–H and O–H groups in total. The fourth-order valence-electron chi connectivity index (χ4n) is 4.86. The third-order valence-corrected chi connectivity index (χ3v) is 6.60. The van der Waals surface area contributed by atoms with Gasteiger partial charge in [0.05, 0.1) is 16.8 Å². The first-order chi connectivity index (χ1) is 15.8. The minimum absolute atomic E-state index is 0.0853. The Hall–Kier alpha value is -3.61. The first kappa shape index (κ1) is 22.6. The van der Waals surface area contributed by atoms with Crippen LogP contribution in [-0.2, 0) is 11.3 Å². The summed E-state index contributed by atoms with van der Waals surface area (Å²) in [5, 5.41) is 10.6. The van der Waals surface area contributed by atoms with Gasteiger partial charge in [-0.25, -0.2) is 4.79 Å². The van der Waals surface area contributed by atoms with Crippen LogP contribution < -0.4 is 5.73 Å². The van der Waals surface area contributed by atoms with E-state index in [0.29, 0.717) is 11.5 Å². The van der Waals surface area contributed by atoms with Crippen molar-refractivity contribution in [1.82, 2.24) is 9.47 Å². The quantitative estimate of drug-likeness (QED) is 0.589. The van der Waals surface area contributed by atoms with Gasteiger partial charge in [-0.1, -0.05) is 37.5 Å². The van der Waals surface area contributed by atoms with Crippen molar-refractivity contribution in [3.8, 4) is 11.3 Å². The van der Waals surface area contributed by atoms with Gasteiger partial charge in [-0.05, 0) is 54.2 Å². The second-order valence-corrected chi connectivity index (χ2v) is 8.95. The van der Waals surface area contributed by atoms with Gasteiger partial charge in [0.25, 0.3) is 0 Å². The molecule has 0 saturated heterocycles. The number of primary amides is 1. The summed E-state index contributed by atoms with van der Waals surface area (Å²) in [6.07, 6.45) is 5.59. The normalized spacial score (nSPS) is 14.4. The Morgan fingerprint density at radius 2 is 1.64 bits per heavy atom. The average molecular weight is 448 g/mol. The summed E-state index contributed by atoms with van der Waals surface area (Å²) in [7, 11) is 3.42. The topological polar surface area (TPSA) is 106 Å². The van der Waals surface area contributed by atoms with Crippen LogP contribution in [-0.4, -0.2) is 46.5 Å². The predicted octanol–water partition coefficient (Wildman–Crippen LogP) is 4.24. The van der Waals surface area contributed by atoms with Gasteiger partial charge in [0.1, 0.15) is 6.54 Å². The predicted molar refractivity (Wildman–Crippen MR) is 127 cm³/mol. The third-order valence-electron chi connectivity index (χ3n) is 6.60. The van der Waals surface area contributed by atoms with E-state index in [4.69, 9.17) is 5.73 Å². The molecule has 1 aliphatic rings. The molecule has 1 saturated carbocycles. The molecule has 7 heteroatoms. The van der Waals surface area contributed by atoms with Crippen LogP contribution in [0.2, 0.25) is 0 Å². The lowest BCUT2D eigenvalue weighted by Gasteiger charge is -2.24. The summed E-state index contributed by atoms with van der Waals surface area (Å²) in [4.78, 5) is 37.7. The summed E-state index contributed by atoms with van der Waals surface area (Å²) in [5.74, 6) is -1.27. The molecule has 33 heavy (non-hydrogen) atoms. The number of amides is 2. The van der Waals surface area contributed by atoms with E-state index in [9.17, 15) is 19.5 Å². The number of carbonyl (C=O) groups is 3. The van der Waals surface area contributed by atoms with Crippen LogP contribution in [0.5, 0.6) is 0 Å². The molecule has 3 aromatic rings. The maximum absolute atomic E-state index is 12.8. The highest BCUT2D eigenvalue weighted by atomic mass is 16.4. The molecule has 2 amide bonds. The SMILES string of the molecule is CN(C)C(=O)Cn1c(-c2ccc(C(N)=O)cc2)c(C2CCCCC2)c2ccc(C(=O)O)cc21. The molecule has 0 spiro atoms. The number of hydrogen-bond acceptors (Lipinski definition) is 3. The van der Waals surface area contributed by atoms with Crippen LogP contribution in [0.1, 0.15) is 64.3 Å². The Kier molecular flexibility index (Phi) is 6.22. The highest BCUT2D eigenvalue weighted by Crippen LogP contribution is 2.44. The minimum Gasteiger partial charge on any atom is -0.478 e. The first-order valence-corrected chi connectivity index (χ1v) is 11.3. The number of carboxylic acid groups (broad SMARTS) is 1. The molecule has 172 valence electrons. The van der Waals surface area contributed by atoms with Gasteiger partial charge in [-0.15, -0.1) is 0 Å². The zero-order valence-electron chi connectivity index (χ0n) is 19.0. The van der Waals surface area contributed by atoms with Crippen LogP contribution in [0.15, 0.2) is 42.5 Å². The van der Waals surface area contributed by atoms with Crippen molar-refractivity contribution in [3.05, 3.63) is 59.2 Å². The highest BCUT2D eigenvalue weighted by molar-refractivity contribution is 5.99. The Balaban J connectivity index is 2.02. The lowest BCUT2D eigenvalue weighted by Crippen LogP contribution is -2.26. The number of aromatic nitrogens is 1. The number of rotatable bonds is 6. The van der Waals surface area contributed by atoms with Crippen molar-refractivity contribution in [3.63, 3.8) is 0 Å². The number of nitrogens with two attached hydrogens (primary N) is 1. The Morgan fingerprint density at radius 1 is 1.00 bits per heavy atom. The van der Waals surface area contributed by atoms with E-state index in [-0.39, 0.29) is 18.0 Å². The summed E-state index contributed by atoms with van der Waals surface area (Å²) < 4.78 is 1.94. The summed E-state index contributed by atoms with van der Waals surface area (Å²) in [5.41, 5.74) is 9.71. The summed E-state index contributed by atoms with van der Waals surface area (Å²) >= 11 is 0. The van der Waals surface area contributed by atoms with Crippen molar-refractivity contribution in [2.45, 2.75) is 44.6 Å². The fourth-order valence-corrected chi connectivity index (χ4v) is 4.86. The van der Waals surface area contributed by atoms with Crippen LogP contribution >= 0.6 is 0 Å². The number of benzene rings is 2. The molecule has 1 heterocycles. The molecule has 7 nitrogen and oxygen atoms in total. The number of carboxylic acids is 1. The van der Waals surface area contributed by atoms with Crippen LogP contribution in [0.25, 0.3) is 22.2 Å². The molecule has 4 rings (SSSR count). The second kappa shape index (κ2) is 9.10. The molecular weight excluding hydrogens is 418 g/mol. The first-order valence-electron chi connectivity index (χ1n) is 11.3. The van der Waals surface area contributed by atoms with E-state index in [2.05, 4.69) is 0 Å². The van der Waals surface area contributed by atoms with Gasteiger partial charge in [0, 0.05) is 25.0 Å². The number of carbonyl (C=O) groups excluding carboxylic acids is 2. The van der Waals surface area contributed by atoms with Crippen LogP contribution in [0, 0.1) is 0 Å². The Bertz CT molecular complexity index is 1220. The lowest BCUT2D eigenvalue weighted by molar-refractivity contribution is -0.129. The molecule has 0 atom stereocenters. The Morgan fingerprint density at radius 3 is 2.21 bits per heavy atom. The third kappa shape index (κ3) is 4.35. The maximum atomic E-state index is 12.8. The van der Waals surface area contributed by atoms with Gasteiger partial charge >= 0.3 is 5.97 Å². The molecular formula is C26H29N3O4. The summed E-state index contributed by atoms with van der Waals surface area (Å²) in [6.45, 7) is 0.0895. The number of likely N-dealkylation sites (N-methyl/N-ethyl adjacent to an activating group) is 1. The number of hydrogen-bond donors (Lipinski definition) is 2. The number of aromatic carboxylic acids is 1. The minimum atomic E-state index is -1.00. The maximum Gasteiger partial charge on any atom is 0.335 e. The number of fused-ring (bicyclic) bond motifs is 1. The molecule has 0 radical (unpaired) electrons. The van der Waals surface area contributed by atoms with E-state index >= 15 is 0 Å². The standard InChI is InChI=1S/C26H29N3O4/c1-28(2)22(30)15-29-21-14-19(26(32)33)12-13-20(21)23(16-6-4-3-5-7-16)24(29)17-8-10-18(11-9-17)25(27)31/h8-14,16H,3-7,15H2,1-2H3,(H2,27,31)(H,32,33). The van der Waals surface area contributed by atoms with Gasteiger partial charge in [0.15, 0.2) is 0 Å². The van der Waals surface area contributed by atoms with Crippen molar-refractivity contribution in [1.29, 1.82) is 0 Å². The number of nitrogens with zero attached hydrogens (tertiary/aromatic N) is 2. The largest absolute Gasteiger partial charge is 0.478 e. The van der Waals surface area contributed by atoms with Gasteiger partial charge in [-0.3, -0.25) is 9.59 Å². The van der Waals surface area contributed by atoms with E-state index in [1.54, 1.807) is 38.4 Å². The molecule has 0 aliphatic heterocycles. The van der Waals surface area contributed by atoms with E-state index < -0.39 is 11.9 Å². The van der Waals surface area contributed by atoms with E-state index in [1.165, 1.54) is 11.3 Å². The lowest BCUT2D eigenvalue weighted by atomic mass is 9.81. The zero-order chi connectivity index (χ0) is 23.7. The molecule has 2 aromatic carbocycles. The average Bonchev–Trinajstić information content (AvgIpc) is 3.12.